The molecule has 0 unspecified atom stereocenters. The second kappa shape index (κ2) is 5.69. The van der Waals surface area contributed by atoms with Crippen LogP contribution in [-0.2, 0) is 11.2 Å². The maximum Gasteiger partial charge on any atom is 0.422 e. The third-order valence-corrected chi connectivity index (χ3v) is 2.14. The Hall–Kier alpha value is -1.31. The summed E-state index contributed by atoms with van der Waals surface area (Å²) in [5, 5.41) is 3.99. The summed E-state index contributed by atoms with van der Waals surface area (Å²) in [6.45, 7) is -1.38. The van der Waals surface area contributed by atoms with Gasteiger partial charge >= 0.3 is 12.3 Å². The van der Waals surface area contributed by atoms with Gasteiger partial charge in [-0.2, -0.15) is 13.2 Å². The molecule has 0 aliphatic rings. The Labute approximate surface area is 93.4 Å². The van der Waals surface area contributed by atoms with Gasteiger partial charge in [-0.1, -0.05) is 0 Å². The van der Waals surface area contributed by atoms with Crippen molar-refractivity contribution in [2.45, 2.75) is 12.6 Å². The molecule has 0 aliphatic carbocycles. The highest BCUT2D eigenvalue weighted by atomic mass is 32.1. The van der Waals surface area contributed by atoms with Gasteiger partial charge in [0, 0.05) is 18.3 Å². The number of alkyl carbamates (subject to hydrolysis) is 1. The van der Waals surface area contributed by atoms with Gasteiger partial charge in [0.05, 0.1) is 11.2 Å². The monoisotopic (exact) mass is 254 g/mol. The zero-order valence-corrected chi connectivity index (χ0v) is 8.90. The van der Waals surface area contributed by atoms with Crippen molar-refractivity contribution < 1.29 is 22.7 Å². The largest absolute Gasteiger partial charge is 0.440 e. The zero-order valence-electron chi connectivity index (χ0n) is 8.08. The molecule has 0 aromatic carbocycles. The molecule has 1 aromatic rings. The maximum absolute atomic E-state index is 11.6. The average molecular weight is 254 g/mol. The third-order valence-electron chi connectivity index (χ3n) is 1.50. The van der Waals surface area contributed by atoms with Gasteiger partial charge in [-0.3, -0.25) is 0 Å². The fourth-order valence-corrected chi connectivity index (χ4v) is 1.44. The molecule has 1 heterocycles. The molecular formula is C8H9F3N2O2S. The van der Waals surface area contributed by atoms with Crippen molar-refractivity contribution in [2.24, 2.45) is 0 Å². The fraction of sp³-hybridized carbons (Fsp3) is 0.500. The summed E-state index contributed by atoms with van der Waals surface area (Å²) in [5.41, 5.74) is 2.42. The van der Waals surface area contributed by atoms with Crippen molar-refractivity contribution in [2.75, 3.05) is 13.2 Å². The molecule has 16 heavy (non-hydrogen) atoms. The molecule has 8 heteroatoms. The van der Waals surface area contributed by atoms with Crippen LogP contribution in [0, 0.1) is 0 Å². The molecule has 0 saturated carbocycles. The molecule has 0 saturated heterocycles. The molecule has 1 aromatic heterocycles. The maximum atomic E-state index is 11.6. The van der Waals surface area contributed by atoms with Crippen LogP contribution in [0.4, 0.5) is 18.0 Å². The van der Waals surface area contributed by atoms with Gasteiger partial charge in [0.15, 0.2) is 6.61 Å². The predicted octanol–water partition coefficient (Wildman–Crippen LogP) is 1.97. The molecule has 0 bridgehead atoms. The number of thiazole rings is 1. The summed E-state index contributed by atoms with van der Waals surface area (Å²) >= 11 is 1.41. The number of ether oxygens (including phenoxy) is 1. The van der Waals surface area contributed by atoms with E-state index in [4.69, 9.17) is 0 Å². The lowest BCUT2D eigenvalue weighted by Crippen LogP contribution is -2.30. The first-order valence-electron chi connectivity index (χ1n) is 4.32. The van der Waals surface area contributed by atoms with Crippen molar-refractivity contribution in [1.82, 2.24) is 10.3 Å². The van der Waals surface area contributed by atoms with Gasteiger partial charge in [0.1, 0.15) is 0 Å². The van der Waals surface area contributed by atoms with Crippen LogP contribution in [0.25, 0.3) is 0 Å². The Morgan fingerprint density at radius 3 is 2.88 bits per heavy atom. The summed E-state index contributed by atoms with van der Waals surface area (Å²) in [7, 11) is 0. The van der Waals surface area contributed by atoms with E-state index in [0.29, 0.717) is 6.42 Å². The topological polar surface area (TPSA) is 51.2 Å². The van der Waals surface area contributed by atoms with E-state index < -0.39 is 18.9 Å². The predicted molar refractivity (Wildman–Crippen MR) is 51.2 cm³/mol. The van der Waals surface area contributed by atoms with E-state index in [2.05, 4.69) is 15.0 Å². The number of carbonyl (C=O) groups excluding carboxylic acids is 1. The number of hydrogen-bond acceptors (Lipinski definition) is 4. The van der Waals surface area contributed by atoms with E-state index in [0.717, 1.165) is 5.69 Å². The van der Waals surface area contributed by atoms with Gasteiger partial charge < -0.3 is 10.1 Å². The normalized spacial score (nSPS) is 11.2. The van der Waals surface area contributed by atoms with Crippen LogP contribution < -0.4 is 5.32 Å². The number of hydrogen-bond donors (Lipinski definition) is 1. The Morgan fingerprint density at radius 1 is 1.56 bits per heavy atom. The number of nitrogens with one attached hydrogen (secondary N) is 1. The Bertz CT molecular complexity index is 327. The van der Waals surface area contributed by atoms with Gasteiger partial charge in [0.25, 0.3) is 0 Å². The number of rotatable bonds is 4. The molecule has 1 amide bonds. The lowest BCUT2D eigenvalue weighted by molar-refractivity contribution is -0.160. The highest BCUT2D eigenvalue weighted by Gasteiger charge is 2.29. The number of carbonyl (C=O) groups is 1. The Morgan fingerprint density at radius 2 is 2.31 bits per heavy atom. The lowest BCUT2D eigenvalue weighted by Gasteiger charge is -2.08. The second-order valence-corrected chi connectivity index (χ2v) is 3.57. The van der Waals surface area contributed by atoms with Crippen LogP contribution in [0.3, 0.4) is 0 Å². The van der Waals surface area contributed by atoms with Crippen LogP contribution in [0.1, 0.15) is 5.69 Å². The van der Waals surface area contributed by atoms with E-state index in [-0.39, 0.29) is 6.54 Å². The first-order valence-corrected chi connectivity index (χ1v) is 5.26. The number of nitrogens with zero attached hydrogens (tertiary/aromatic N) is 1. The van der Waals surface area contributed by atoms with Gasteiger partial charge in [-0.25, -0.2) is 9.78 Å². The fourth-order valence-electron chi connectivity index (χ4n) is 0.852. The minimum atomic E-state index is -4.49. The summed E-state index contributed by atoms with van der Waals surface area (Å²) in [6, 6.07) is 0. The van der Waals surface area contributed by atoms with Crippen LogP contribution in [0.15, 0.2) is 10.9 Å². The zero-order chi connectivity index (χ0) is 12.0. The van der Waals surface area contributed by atoms with E-state index in [1.54, 1.807) is 10.9 Å². The minimum absolute atomic E-state index is 0.195. The quantitative estimate of drug-likeness (QED) is 0.893. The van der Waals surface area contributed by atoms with E-state index in [1.807, 2.05) is 0 Å². The summed E-state index contributed by atoms with van der Waals surface area (Å²) in [5.74, 6) is 0. The van der Waals surface area contributed by atoms with E-state index >= 15 is 0 Å². The number of alkyl halides is 3. The van der Waals surface area contributed by atoms with Gasteiger partial charge in [-0.05, 0) is 0 Å². The number of amides is 1. The van der Waals surface area contributed by atoms with Crippen LogP contribution in [0.5, 0.6) is 0 Å². The number of aromatic nitrogens is 1. The molecule has 1 N–H and O–H groups in total. The summed E-state index contributed by atoms with van der Waals surface area (Å²) < 4.78 is 38.9. The first kappa shape index (κ1) is 12.8. The first-order chi connectivity index (χ1) is 7.47. The SMILES string of the molecule is O=C(NCCc1cscn1)OCC(F)(F)F. The minimum Gasteiger partial charge on any atom is -0.440 e. The standard InChI is InChI=1S/C8H9F3N2O2S/c9-8(10,11)4-15-7(14)12-2-1-6-3-16-5-13-6/h3,5H,1-2,4H2,(H,12,14). The smallest absolute Gasteiger partial charge is 0.422 e. The van der Waals surface area contributed by atoms with Crippen molar-refractivity contribution in [1.29, 1.82) is 0 Å². The van der Waals surface area contributed by atoms with E-state index in [1.165, 1.54) is 11.3 Å². The van der Waals surface area contributed by atoms with Crippen LogP contribution in [-0.4, -0.2) is 30.4 Å². The molecule has 0 fully saturated rings. The lowest BCUT2D eigenvalue weighted by atomic mass is 10.3. The molecule has 0 aliphatic heterocycles. The van der Waals surface area contributed by atoms with E-state index in [9.17, 15) is 18.0 Å². The summed E-state index contributed by atoms with van der Waals surface area (Å²) in [4.78, 5) is 14.7. The van der Waals surface area contributed by atoms with Crippen molar-refractivity contribution in [3.63, 3.8) is 0 Å². The third kappa shape index (κ3) is 5.54. The highest BCUT2D eigenvalue weighted by molar-refractivity contribution is 7.07. The molecule has 90 valence electrons. The molecule has 0 atom stereocenters. The van der Waals surface area contributed by atoms with Crippen molar-refractivity contribution >= 4 is 17.4 Å². The van der Waals surface area contributed by atoms with Gasteiger partial charge in [0.2, 0.25) is 0 Å². The van der Waals surface area contributed by atoms with Crippen LogP contribution >= 0.6 is 11.3 Å². The van der Waals surface area contributed by atoms with Crippen molar-refractivity contribution in [3.8, 4) is 0 Å². The van der Waals surface area contributed by atoms with Crippen molar-refractivity contribution in [3.05, 3.63) is 16.6 Å². The Kier molecular flexibility index (Phi) is 4.53. The molecule has 1 rings (SSSR count). The van der Waals surface area contributed by atoms with Gasteiger partial charge in [-0.15, -0.1) is 11.3 Å². The molecular weight excluding hydrogens is 245 g/mol. The van der Waals surface area contributed by atoms with Crippen LogP contribution in [0.2, 0.25) is 0 Å². The molecule has 0 radical (unpaired) electrons. The second-order valence-electron chi connectivity index (χ2n) is 2.85. The average Bonchev–Trinajstić information content (AvgIpc) is 2.66. The molecule has 4 nitrogen and oxygen atoms in total. The summed E-state index contributed by atoms with van der Waals surface area (Å²) in [6.07, 6.45) is -5.11. The molecule has 0 spiro atoms. The number of halogens is 3. The Balaban J connectivity index is 2.11. The highest BCUT2D eigenvalue weighted by Crippen LogP contribution is 2.14.